The van der Waals surface area contributed by atoms with E-state index in [4.69, 9.17) is 5.73 Å². The number of hydrogen-bond donors (Lipinski definition) is 2. The smallest absolute Gasteiger partial charge is 0.270 e. The van der Waals surface area contributed by atoms with Crippen molar-refractivity contribution in [3.05, 3.63) is 59.4 Å². The summed E-state index contributed by atoms with van der Waals surface area (Å²) in [6, 6.07) is 11.8. The van der Waals surface area contributed by atoms with E-state index >= 15 is 0 Å². The van der Waals surface area contributed by atoms with Crippen molar-refractivity contribution < 1.29 is 4.79 Å². The molecule has 2 aromatic rings. The first kappa shape index (κ1) is 12.7. The molecule has 20 heavy (non-hydrogen) atoms. The summed E-state index contributed by atoms with van der Waals surface area (Å²) in [5.74, 6) is -0.151. The molecule has 0 spiro atoms. The zero-order valence-electron chi connectivity index (χ0n) is 11.2. The highest BCUT2D eigenvalue weighted by Gasteiger charge is 2.20. The Balaban J connectivity index is 1.69. The molecular formula is C16H17N3O. The number of hydrogen-bond acceptors (Lipinski definition) is 3. The number of anilines is 1. The summed E-state index contributed by atoms with van der Waals surface area (Å²) >= 11 is 0. The fourth-order valence-electron chi connectivity index (χ4n) is 2.65. The van der Waals surface area contributed by atoms with Crippen LogP contribution in [0.25, 0.3) is 0 Å². The monoisotopic (exact) mass is 267 g/mol. The molecule has 1 atom stereocenters. The lowest BCUT2D eigenvalue weighted by Crippen LogP contribution is -2.39. The number of rotatable bonds is 2. The number of nitrogens with one attached hydrogen (secondary N) is 1. The van der Waals surface area contributed by atoms with Crippen LogP contribution in [0.3, 0.4) is 0 Å². The number of nitrogen functional groups attached to an aromatic ring is 1. The fraction of sp³-hybridized carbons (Fsp3) is 0.250. The van der Waals surface area contributed by atoms with Crippen molar-refractivity contribution in [2.45, 2.75) is 25.3 Å². The van der Waals surface area contributed by atoms with E-state index in [0.717, 1.165) is 19.3 Å². The van der Waals surface area contributed by atoms with Crippen molar-refractivity contribution in [1.29, 1.82) is 0 Å². The summed E-state index contributed by atoms with van der Waals surface area (Å²) < 4.78 is 0. The Morgan fingerprint density at radius 1 is 1.25 bits per heavy atom. The second-order valence-electron chi connectivity index (χ2n) is 5.16. The van der Waals surface area contributed by atoms with Gasteiger partial charge in [0.05, 0.1) is 0 Å². The van der Waals surface area contributed by atoms with Gasteiger partial charge in [-0.2, -0.15) is 0 Å². The van der Waals surface area contributed by atoms with Crippen LogP contribution in [0.2, 0.25) is 0 Å². The number of pyridine rings is 1. The first-order valence-electron chi connectivity index (χ1n) is 6.81. The molecule has 3 N–H and O–H groups in total. The fourth-order valence-corrected chi connectivity index (χ4v) is 2.65. The first-order valence-corrected chi connectivity index (χ1v) is 6.81. The molecule has 1 amide bonds. The highest BCUT2D eigenvalue weighted by molar-refractivity contribution is 5.93. The normalized spacial score (nSPS) is 17.3. The second kappa shape index (κ2) is 5.33. The van der Waals surface area contributed by atoms with E-state index in [2.05, 4.69) is 28.5 Å². The third-order valence-corrected chi connectivity index (χ3v) is 3.70. The summed E-state index contributed by atoms with van der Waals surface area (Å²) in [6.45, 7) is 0. The van der Waals surface area contributed by atoms with Gasteiger partial charge >= 0.3 is 0 Å². The predicted molar refractivity (Wildman–Crippen MR) is 78.4 cm³/mol. The molecule has 0 fully saturated rings. The maximum atomic E-state index is 12.1. The maximum Gasteiger partial charge on any atom is 0.270 e. The van der Waals surface area contributed by atoms with E-state index in [1.54, 1.807) is 18.3 Å². The molecule has 4 nitrogen and oxygen atoms in total. The molecule has 4 heteroatoms. The third kappa shape index (κ3) is 2.64. The molecular weight excluding hydrogens is 250 g/mol. The number of aromatic nitrogens is 1. The molecule has 0 aliphatic heterocycles. The lowest BCUT2D eigenvalue weighted by molar-refractivity contribution is 0.0928. The van der Waals surface area contributed by atoms with Crippen molar-refractivity contribution >= 4 is 11.6 Å². The molecule has 1 aliphatic carbocycles. The number of benzene rings is 1. The Kier molecular flexibility index (Phi) is 3.37. The SMILES string of the molecule is Nc1ccnc(C(=O)NC2CCc3ccccc3C2)c1. The number of aryl methyl sites for hydroxylation is 1. The van der Waals surface area contributed by atoms with Crippen LogP contribution in [0.5, 0.6) is 0 Å². The van der Waals surface area contributed by atoms with Gasteiger partial charge < -0.3 is 11.1 Å². The largest absolute Gasteiger partial charge is 0.399 e. The molecule has 1 unspecified atom stereocenters. The number of fused-ring (bicyclic) bond motifs is 1. The van der Waals surface area contributed by atoms with E-state index in [1.807, 2.05) is 6.07 Å². The minimum atomic E-state index is -0.151. The Morgan fingerprint density at radius 2 is 2.05 bits per heavy atom. The van der Waals surface area contributed by atoms with Gasteiger partial charge in [0.25, 0.3) is 5.91 Å². The highest BCUT2D eigenvalue weighted by Crippen LogP contribution is 2.21. The van der Waals surface area contributed by atoms with Crippen LogP contribution in [-0.2, 0) is 12.8 Å². The molecule has 3 rings (SSSR count). The van der Waals surface area contributed by atoms with Gasteiger partial charge in [-0.25, -0.2) is 0 Å². The van der Waals surface area contributed by atoms with E-state index in [-0.39, 0.29) is 11.9 Å². The molecule has 1 aromatic heterocycles. The Hall–Kier alpha value is -2.36. The van der Waals surface area contributed by atoms with Gasteiger partial charge in [-0.05, 0) is 42.5 Å². The van der Waals surface area contributed by atoms with Crippen molar-refractivity contribution in [2.75, 3.05) is 5.73 Å². The van der Waals surface area contributed by atoms with Gasteiger partial charge in [0.1, 0.15) is 5.69 Å². The van der Waals surface area contributed by atoms with E-state index < -0.39 is 0 Å². The third-order valence-electron chi connectivity index (χ3n) is 3.70. The Bertz CT molecular complexity index is 639. The van der Waals surface area contributed by atoms with Gasteiger partial charge in [-0.1, -0.05) is 24.3 Å². The Labute approximate surface area is 118 Å². The number of nitrogens with two attached hydrogens (primary N) is 1. The molecule has 0 bridgehead atoms. The number of amides is 1. The molecule has 0 saturated heterocycles. The number of carbonyl (C=O) groups excluding carboxylic acids is 1. The summed E-state index contributed by atoms with van der Waals surface area (Å²) in [5.41, 5.74) is 9.32. The zero-order valence-corrected chi connectivity index (χ0v) is 11.2. The van der Waals surface area contributed by atoms with Crippen LogP contribution in [0.4, 0.5) is 5.69 Å². The molecule has 102 valence electrons. The standard InChI is InChI=1S/C16H17N3O/c17-13-7-8-18-15(10-13)16(20)19-14-6-5-11-3-1-2-4-12(11)9-14/h1-4,7-8,10,14H,5-6,9H2,(H2,17,18)(H,19,20). The van der Waals surface area contributed by atoms with Crippen molar-refractivity contribution in [3.8, 4) is 0 Å². The first-order chi connectivity index (χ1) is 9.72. The van der Waals surface area contributed by atoms with Gasteiger partial charge in [0, 0.05) is 17.9 Å². The highest BCUT2D eigenvalue weighted by atomic mass is 16.1. The molecule has 0 saturated carbocycles. The van der Waals surface area contributed by atoms with Crippen LogP contribution >= 0.6 is 0 Å². The molecule has 0 radical (unpaired) electrons. The van der Waals surface area contributed by atoms with Crippen molar-refractivity contribution in [1.82, 2.24) is 10.3 Å². The predicted octanol–water partition coefficient (Wildman–Crippen LogP) is 1.95. The zero-order chi connectivity index (χ0) is 13.9. The summed E-state index contributed by atoms with van der Waals surface area (Å²) in [6.07, 6.45) is 4.40. The average Bonchev–Trinajstić information content (AvgIpc) is 2.47. The average molecular weight is 267 g/mol. The van der Waals surface area contributed by atoms with Gasteiger partial charge in [0.2, 0.25) is 0 Å². The lowest BCUT2D eigenvalue weighted by Gasteiger charge is -2.25. The van der Waals surface area contributed by atoms with E-state index in [9.17, 15) is 4.79 Å². The summed E-state index contributed by atoms with van der Waals surface area (Å²) in [5, 5.41) is 3.05. The Morgan fingerprint density at radius 3 is 2.85 bits per heavy atom. The van der Waals surface area contributed by atoms with E-state index in [0.29, 0.717) is 11.4 Å². The maximum absolute atomic E-state index is 12.1. The van der Waals surface area contributed by atoms with Gasteiger partial charge in [0.15, 0.2) is 0 Å². The quantitative estimate of drug-likeness (QED) is 0.874. The van der Waals surface area contributed by atoms with E-state index in [1.165, 1.54) is 11.1 Å². The summed E-state index contributed by atoms with van der Waals surface area (Å²) in [7, 11) is 0. The minimum Gasteiger partial charge on any atom is -0.399 e. The lowest BCUT2D eigenvalue weighted by atomic mass is 9.88. The van der Waals surface area contributed by atoms with Crippen molar-refractivity contribution in [2.24, 2.45) is 0 Å². The second-order valence-corrected chi connectivity index (χ2v) is 5.16. The number of carbonyl (C=O) groups is 1. The number of nitrogens with zero attached hydrogens (tertiary/aromatic N) is 1. The van der Waals surface area contributed by atoms with Crippen LogP contribution in [0, 0.1) is 0 Å². The van der Waals surface area contributed by atoms with Crippen LogP contribution in [0.15, 0.2) is 42.6 Å². The van der Waals surface area contributed by atoms with Crippen LogP contribution in [0.1, 0.15) is 28.0 Å². The van der Waals surface area contributed by atoms with Crippen molar-refractivity contribution in [3.63, 3.8) is 0 Å². The minimum absolute atomic E-state index is 0.151. The van der Waals surface area contributed by atoms with Crippen LogP contribution < -0.4 is 11.1 Å². The van der Waals surface area contributed by atoms with Gasteiger partial charge in [-0.15, -0.1) is 0 Å². The topological polar surface area (TPSA) is 68.0 Å². The molecule has 1 aromatic carbocycles. The summed E-state index contributed by atoms with van der Waals surface area (Å²) in [4.78, 5) is 16.2. The molecule has 1 heterocycles. The van der Waals surface area contributed by atoms with Gasteiger partial charge in [-0.3, -0.25) is 9.78 Å². The molecule has 1 aliphatic rings. The van der Waals surface area contributed by atoms with Crippen LogP contribution in [-0.4, -0.2) is 16.9 Å².